The number of aliphatic hydroxyl groups excluding tert-OH is 1. The van der Waals surface area contributed by atoms with Gasteiger partial charge in [-0.3, -0.25) is 4.79 Å². The summed E-state index contributed by atoms with van der Waals surface area (Å²) in [6.07, 6.45) is 1.46. The Morgan fingerprint density at radius 2 is 1.95 bits per heavy atom. The van der Waals surface area contributed by atoms with Crippen LogP contribution in [0.1, 0.15) is 45.0 Å². The molecular formula is C14H22N2O3. The summed E-state index contributed by atoms with van der Waals surface area (Å²) in [5.41, 5.74) is -0.546. The van der Waals surface area contributed by atoms with Crippen LogP contribution in [0.4, 0.5) is 0 Å². The van der Waals surface area contributed by atoms with Crippen molar-refractivity contribution >= 4 is 5.91 Å². The number of rotatable bonds is 4. The number of hydrogen-bond donors (Lipinski definition) is 2. The minimum absolute atomic E-state index is 0.128. The van der Waals surface area contributed by atoms with Gasteiger partial charge < -0.3 is 15.2 Å². The fraction of sp³-hybridized carbons (Fsp3) is 0.571. The molecule has 5 heteroatoms. The highest BCUT2D eigenvalue weighted by Crippen LogP contribution is 2.15. The summed E-state index contributed by atoms with van der Waals surface area (Å²) >= 11 is 0. The number of pyridine rings is 1. The molecule has 0 saturated carbocycles. The summed E-state index contributed by atoms with van der Waals surface area (Å²) in [7, 11) is 0. The van der Waals surface area contributed by atoms with Gasteiger partial charge in [-0.1, -0.05) is 0 Å². The van der Waals surface area contributed by atoms with Gasteiger partial charge in [-0.25, -0.2) is 4.98 Å². The molecule has 2 N–H and O–H groups in total. The van der Waals surface area contributed by atoms with Crippen LogP contribution in [0.5, 0.6) is 5.88 Å². The van der Waals surface area contributed by atoms with Crippen molar-refractivity contribution in [2.45, 2.75) is 45.8 Å². The van der Waals surface area contributed by atoms with E-state index in [1.807, 2.05) is 20.8 Å². The third-order valence-electron chi connectivity index (χ3n) is 2.26. The molecule has 0 bridgehead atoms. The largest absolute Gasteiger partial charge is 0.472 e. The van der Waals surface area contributed by atoms with Gasteiger partial charge in [-0.2, -0.15) is 0 Å². The number of aliphatic hydroxyl groups is 1. The Hall–Kier alpha value is -1.62. The lowest BCUT2D eigenvalue weighted by Gasteiger charge is -2.23. The van der Waals surface area contributed by atoms with Crippen molar-refractivity contribution in [3.8, 4) is 5.88 Å². The molecule has 19 heavy (non-hydrogen) atoms. The standard InChI is InChI=1S/C14H22N2O3/c1-13(2,3)19-11-7-6-10(8-15-11)12(18)16-14(4,5)9-17/h6-8,17H,9H2,1-5H3,(H,16,18). The minimum Gasteiger partial charge on any atom is -0.472 e. The van der Waals surface area contributed by atoms with Gasteiger partial charge >= 0.3 is 0 Å². The number of hydrogen-bond acceptors (Lipinski definition) is 4. The molecule has 0 aliphatic heterocycles. The molecule has 1 amide bonds. The lowest BCUT2D eigenvalue weighted by atomic mass is 10.1. The Morgan fingerprint density at radius 1 is 1.32 bits per heavy atom. The summed E-state index contributed by atoms with van der Waals surface area (Å²) in [5.74, 6) is 0.208. The SMILES string of the molecule is CC(C)(CO)NC(=O)c1ccc(OC(C)(C)C)nc1. The smallest absolute Gasteiger partial charge is 0.253 e. The normalized spacial score (nSPS) is 12.1. The van der Waals surface area contributed by atoms with Crippen LogP contribution < -0.4 is 10.1 Å². The molecule has 0 spiro atoms. The Kier molecular flexibility index (Phi) is 4.52. The zero-order valence-electron chi connectivity index (χ0n) is 12.2. The molecule has 0 atom stereocenters. The Bertz CT molecular complexity index is 433. The average Bonchev–Trinajstić information content (AvgIpc) is 2.27. The summed E-state index contributed by atoms with van der Waals surface area (Å²) in [6.45, 7) is 9.15. The van der Waals surface area contributed by atoms with E-state index in [4.69, 9.17) is 9.84 Å². The molecule has 1 aromatic rings. The third kappa shape index (κ3) is 5.26. The molecule has 106 valence electrons. The van der Waals surface area contributed by atoms with Crippen molar-refractivity contribution in [3.63, 3.8) is 0 Å². The predicted octanol–water partition coefficient (Wildman–Crippen LogP) is 1.76. The molecule has 1 heterocycles. The fourth-order valence-corrected chi connectivity index (χ4v) is 1.31. The van der Waals surface area contributed by atoms with E-state index in [1.54, 1.807) is 26.0 Å². The first-order chi connectivity index (χ1) is 8.63. The van der Waals surface area contributed by atoms with Crippen molar-refractivity contribution in [1.29, 1.82) is 0 Å². The van der Waals surface area contributed by atoms with Crippen molar-refractivity contribution < 1.29 is 14.6 Å². The fourth-order valence-electron chi connectivity index (χ4n) is 1.31. The van der Waals surface area contributed by atoms with Crippen molar-refractivity contribution in [2.24, 2.45) is 0 Å². The van der Waals surface area contributed by atoms with E-state index in [0.717, 1.165) is 0 Å². The monoisotopic (exact) mass is 266 g/mol. The van der Waals surface area contributed by atoms with Gasteiger partial charge in [0.25, 0.3) is 5.91 Å². The van der Waals surface area contributed by atoms with Gasteiger partial charge in [-0.15, -0.1) is 0 Å². The maximum Gasteiger partial charge on any atom is 0.253 e. The summed E-state index contributed by atoms with van der Waals surface area (Å²) in [4.78, 5) is 16.0. The number of nitrogens with zero attached hydrogens (tertiary/aromatic N) is 1. The highest BCUT2D eigenvalue weighted by atomic mass is 16.5. The van der Waals surface area contributed by atoms with Crippen molar-refractivity contribution in [2.75, 3.05) is 6.61 Å². The maximum absolute atomic E-state index is 11.9. The third-order valence-corrected chi connectivity index (χ3v) is 2.26. The first-order valence-electron chi connectivity index (χ1n) is 6.21. The first-order valence-corrected chi connectivity index (χ1v) is 6.21. The van der Waals surface area contributed by atoms with E-state index in [0.29, 0.717) is 11.4 Å². The first kappa shape index (κ1) is 15.4. The molecule has 0 saturated heterocycles. The number of ether oxygens (including phenoxy) is 1. The van der Waals surface area contributed by atoms with Crippen LogP contribution in [0.3, 0.4) is 0 Å². The van der Waals surface area contributed by atoms with Crippen LogP contribution in [-0.4, -0.2) is 33.7 Å². The van der Waals surface area contributed by atoms with Crippen LogP contribution in [0.25, 0.3) is 0 Å². The van der Waals surface area contributed by atoms with Gasteiger partial charge in [0.1, 0.15) is 5.60 Å². The number of carbonyl (C=O) groups excluding carboxylic acids is 1. The van der Waals surface area contributed by atoms with E-state index in [1.165, 1.54) is 6.20 Å². The second kappa shape index (κ2) is 5.57. The molecule has 1 rings (SSSR count). The van der Waals surface area contributed by atoms with Crippen molar-refractivity contribution in [3.05, 3.63) is 23.9 Å². The molecule has 5 nitrogen and oxygen atoms in total. The van der Waals surface area contributed by atoms with Crippen LogP contribution in [0.2, 0.25) is 0 Å². The number of carbonyl (C=O) groups is 1. The molecule has 0 unspecified atom stereocenters. The lowest BCUT2D eigenvalue weighted by Crippen LogP contribution is -2.46. The van der Waals surface area contributed by atoms with E-state index >= 15 is 0 Å². The Labute approximate surface area is 114 Å². The van der Waals surface area contributed by atoms with E-state index in [-0.39, 0.29) is 18.1 Å². The van der Waals surface area contributed by atoms with Crippen molar-refractivity contribution in [1.82, 2.24) is 10.3 Å². The topological polar surface area (TPSA) is 71.5 Å². The predicted molar refractivity (Wildman–Crippen MR) is 73.2 cm³/mol. The average molecular weight is 266 g/mol. The summed E-state index contributed by atoms with van der Waals surface area (Å²) < 4.78 is 5.58. The molecule has 0 aliphatic carbocycles. The quantitative estimate of drug-likeness (QED) is 0.871. The van der Waals surface area contributed by atoms with Crippen LogP contribution in [-0.2, 0) is 0 Å². The highest BCUT2D eigenvalue weighted by molar-refractivity contribution is 5.94. The summed E-state index contributed by atoms with van der Waals surface area (Å²) in [6, 6.07) is 3.31. The zero-order chi connectivity index (χ0) is 14.7. The molecule has 0 fully saturated rings. The van der Waals surface area contributed by atoms with E-state index < -0.39 is 5.54 Å². The van der Waals surface area contributed by atoms with Gasteiger partial charge in [0, 0.05) is 12.3 Å². The molecule has 0 aromatic carbocycles. The maximum atomic E-state index is 11.9. The van der Waals surface area contributed by atoms with Crippen LogP contribution in [0.15, 0.2) is 18.3 Å². The Morgan fingerprint density at radius 3 is 2.37 bits per heavy atom. The van der Waals surface area contributed by atoms with Gasteiger partial charge in [0.05, 0.1) is 17.7 Å². The molecule has 0 radical (unpaired) electrons. The second-order valence-electron chi connectivity index (χ2n) is 6.10. The van der Waals surface area contributed by atoms with E-state index in [2.05, 4.69) is 10.3 Å². The number of amides is 1. The minimum atomic E-state index is -0.655. The van der Waals surface area contributed by atoms with E-state index in [9.17, 15) is 4.79 Å². The van der Waals surface area contributed by atoms with Crippen LogP contribution >= 0.6 is 0 Å². The lowest BCUT2D eigenvalue weighted by molar-refractivity contribution is 0.0868. The summed E-state index contributed by atoms with van der Waals surface area (Å²) in [5, 5.41) is 11.8. The van der Waals surface area contributed by atoms with Crippen LogP contribution in [0, 0.1) is 0 Å². The molecular weight excluding hydrogens is 244 g/mol. The Balaban J connectivity index is 2.74. The molecule has 0 aliphatic rings. The van der Waals surface area contributed by atoms with Gasteiger partial charge in [0.2, 0.25) is 5.88 Å². The molecule has 1 aromatic heterocycles. The van der Waals surface area contributed by atoms with Gasteiger partial charge in [0.15, 0.2) is 0 Å². The van der Waals surface area contributed by atoms with Gasteiger partial charge in [-0.05, 0) is 40.7 Å². The second-order valence-corrected chi connectivity index (χ2v) is 6.10. The number of aromatic nitrogens is 1. The number of nitrogens with one attached hydrogen (secondary N) is 1. The highest BCUT2D eigenvalue weighted by Gasteiger charge is 2.20. The zero-order valence-corrected chi connectivity index (χ0v) is 12.2.